The Morgan fingerprint density at radius 2 is 1.90 bits per heavy atom. The van der Waals surface area contributed by atoms with Crippen LogP contribution >= 0.6 is 11.6 Å². The van der Waals surface area contributed by atoms with E-state index in [0.29, 0.717) is 0 Å². The summed E-state index contributed by atoms with van der Waals surface area (Å²) in [4.78, 5) is 0. The van der Waals surface area contributed by atoms with Crippen LogP contribution in [0.5, 0.6) is 0 Å². The average molecular weight is 295 g/mol. The lowest BCUT2D eigenvalue weighted by molar-refractivity contribution is 0.0405. The second kappa shape index (κ2) is 7.85. The Morgan fingerprint density at radius 1 is 1.30 bits per heavy atom. The van der Waals surface area contributed by atoms with Gasteiger partial charge < -0.3 is 5.11 Å². The molecular weight excluding hydrogens is 268 g/mol. The summed E-state index contributed by atoms with van der Waals surface area (Å²) in [7, 11) is 0. The molecule has 0 aliphatic heterocycles. The van der Waals surface area contributed by atoms with Crippen molar-refractivity contribution in [3.8, 4) is 0 Å². The smallest absolute Gasteiger partial charge is 0.0799 e. The van der Waals surface area contributed by atoms with Crippen molar-refractivity contribution in [3.05, 3.63) is 48.6 Å². The lowest BCUT2D eigenvalue weighted by Crippen LogP contribution is -2.41. The minimum atomic E-state index is -0.582. The van der Waals surface area contributed by atoms with Crippen molar-refractivity contribution >= 4 is 11.6 Å². The number of aliphatic hydroxyl groups is 1. The van der Waals surface area contributed by atoms with E-state index < -0.39 is 6.10 Å². The first-order valence-electron chi connectivity index (χ1n) is 7.53. The van der Waals surface area contributed by atoms with Gasteiger partial charge in [0.05, 0.1) is 11.5 Å². The molecule has 0 saturated heterocycles. The lowest BCUT2D eigenvalue weighted by atomic mass is 9.72. The highest BCUT2D eigenvalue weighted by molar-refractivity contribution is 6.21. The van der Waals surface area contributed by atoms with E-state index >= 15 is 0 Å². The van der Waals surface area contributed by atoms with Crippen LogP contribution in [0, 0.1) is 5.41 Å². The molecule has 0 unspecified atom stereocenters. The molecule has 0 spiro atoms. The maximum Gasteiger partial charge on any atom is 0.0799 e. The molecule has 112 valence electrons. The number of rotatable bonds is 8. The van der Waals surface area contributed by atoms with Crippen molar-refractivity contribution in [3.63, 3.8) is 0 Å². The summed E-state index contributed by atoms with van der Waals surface area (Å²) in [5.74, 6) is 0.107. The first kappa shape index (κ1) is 17.3. The fourth-order valence-corrected chi connectivity index (χ4v) is 3.29. The van der Waals surface area contributed by atoms with Crippen LogP contribution in [0.2, 0.25) is 0 Å². The Bertz CT molecular complexity index is 403. The molecule has 0 radical (unpaired) electrons. The first-order valence-corrected chi connectivity index (χ1v) is 7.96. The van der Waals surface area contributed by atoms with Gasteiger partial charge in [-0.2, -0.15) is 0 Å². The molecule has 1 aromatic carbocycles. The van der Waals surface area contributed by atoms with Crippen molar-refractivity contribution in [2.24, 2.45) is 5.41 Å². The van der Waals surface area contributed by atoms with Gasteiger partial charge in [0.25, 0.3) is 0 Å². The summed E-state index contributed by atoms with van der Waals surface area (Å²) in [5, 5.41) is 10.5. The summed E-state index contributed by atoms with van der Waals surface area (Å²) < 4.78 is 0. The van der Waals surface area contributed by atoms with Gasteiger partial charge >= 0.3 is 0 Å². The molecule has 1 aromatic rings. The predicted molar refractivity (Wildman–Crippen MR) is 88.3 cm³/mol. The van der Waals surface area contributed by atoms with Gasteiger partial charge in [-0.15, -0.1) is 18.2 Å². The Balaban J connectivity index is 2.94. The average Bonchev–Trinajstić information content (AvgIpc) is 2.51. The molecule has 1 nitrogen and oxygen atoms in total. The SMILES string of the molecule is C=C[C@@](CC)(CCC)[C@H](O)[C@@H](Cl)[C@H](C)c1ccccc1. The Morgan fingerprint density at radius 3 is 2.35 bits per heavy atom. The Kier molecular flexibility index (Phi) is 6.78. The number of alkyl halides is 1. The third-order valence-electron chi connectivity index (χ3n) is 4.47. The highest BCUT2D eigenvalue weighted by Crippen LogP contribution is 2.40. The van der Waals surface area contributed by atoms with Gasteiger partial charge in [-0.25, -0.2) is 0 Å². The third kappa shape index (κ3) is 3.65. The van der Waals surface area contributed by atoms with E-state index in [9.17, 15) is 5.11 Å². The molecular formula is C18H27ClO. The van der Waals surface area contributed by atoms with E-state index in [-0.39, 0.29) is 16.7 Å². The Labute approximate surface area is 128 Å². The van der Waals surface area contributed by atoms with Crippen LogP contribution in [0.15, 0.2) is 43.0 Å². The fourth-order valence-electron chi connectivity index (χ4n) is 2.90. The molecule has 0 aliphatic rings. The molecule has 0 bridgehead atoms. The van der Waals surface area contributed by atoms with E-state index in [4.69, 9.17) is 11.6 Å². The number of hydrogen-bond acceptors (Lipinski definition) is 1. The largest absolute Gasteiger partial charge is 0.391 e. The van der Waals surface area contributed by atoms with Crippen LogP contribution in [0.3, 0.4) is 0 Å². The van der Waals surface area contributed by atoms with E-state index in [2.05, 4.69) is 39.5 Å². The predicted octanol–water partition coefficient (Wildman–Crippen LogP) is 5.14. The van der Waals surface area contributed by atoms with Crippen molar-refractivity contribution in [1.29, 1.82) is 0 Å². The van der Waals surface area contributed by atoms with Crippen molar-refractivity contribution in [2.75, 3.05) is 0 Å². The van der Waals surface area contributed by atoms with Crippen LogP contribution in [0.4, 0.5) is 0 Å². The minimum absolute atomic E-state index is 0.107. The van der Waals surface area contributed by atoms with E-state index in [1.54, 1.807) is 0 Å². The first-order chi connectivity index (χ1) is 9.52. The van der Waals surface area contributed by atoms with Gasteiger partial charge in [-0.3, -0.25) is 0 Å². The van der Waals surface area contributed by atoms with Gasteiger partial charge in [0.15, 0.2) is 0 Å². The van der Waals surface area contributed by atoms with Crippen LogP contribution in [0.1, 0.15) is 51.5 Å². The number of aliphatic hydroxyl groups excluding tert-OH is 1. The molecule has 1 rings (SSSR count). The summed E-state index contributed by atoms with van der Waals surface area (Å²) >= 11 is 6.60. The summed E-state index contributed by atoms with van der Waals surface area (Å²) in [5.41, 5.74) is 0.877. The second-order valence-corrected chi connectivity index (χ2v) is 6.13. The number of benzene rings is 1. The molecule has 0 aromatic heterocycles. The van der Waals surface area contributed by atoms with Crippen LogP contribution in [-0.2, 0) is 0 Å². The van der Waals surface area contributed by atoms with Crippen LogP contribution < -0.4 is 0 Å². The zero-order valence-corrected chi connectivity index (χ0v) is 13.6. The fraction of sp³-hybridized carbons (Fsp3) is 0.556. The highest BCUT2D eigenvalue weighted by Gasteiger charge is 2.39. The normalized spacial score (nSPS) is 18.9. The molecule has 0 fully saturated rings. The van der Waals surface area contributed by atoms with E-state index in [1.807, 2.05) is 24.3 Å². The molecule has 4 atom stereocenters. The minimum Gasteiger partial charge on any atom is -0.391 e. The van der Waals surface area contributed by atoms with Crippen molar-refractivity contribution < 1.29 is 5.11 Å². The summed E-state index contributed by atoms with van der Waals surface area (Å²) in [6, 6.07) is 10.1. The van der Waals surface area contributed by atoms with Gasteiger partial charge in [-0.05, 0) is 24.3 Å². The summed E-state index contributed by atoms with van der Waals surface area (Å²) in [6.45, 7) is 10.2. The molecule has 2 heteroatoms. The molecule has 0 saturated carbocycles. The van der Waals surface area contributed by atoms with Crippen molar-refractivity contribution in [1.82, 2.24) is 0 Å². The third-order valence-corrected chi connectivity index (χ3v) is 5.09. The highest BCUT2D eigenvalue weighted by atomic mass is 35.5. The molecule has 20 heavy (non-hydrogen) atoms. The zero-order valence-electron chi connectivity index (χ0n) is 12.8. The van der Waals surface area contributed by atoms with E-state index in [0.717, 1.165) is 24.8 Å². The monoisotopic (exact) mass is 294 g/mol. The van der Waals surface area contributed by atoms with Gasteiger partial charge in [0.2, 0.25) is 0 Å². The van der Waals surface area contributed by atoms with Gasteiger partial charge in [-0.1, -0.05) is 63.6 Å². The quantitative estimate of drug-likeness (QED) is 0.520. The Hall–Kier alpha value is -0.790. The lowest BCUT2D eigenvalue weighted by Gasteiger charge is -2.38. The zero-order chi connectivity index (χ0) is 15.2. The number of halogens is 1. The standard InChI is InChI=1S/C18H27ClO/c1-5-13-18(6-2,7-3)17(20)16(19)14(4)15-11-9-8-10-12-15/h6,8-12,14,16-17,20H,2,5,7,13H2,1,3-4H3/t14-,16+,17-,18-/m1/s1. The maximum atomic E-state index is 10.8. The topological polar surface area (TPSA) is 20.2 Å². The maximum absolute atomic E-state index is 10.8. The van der Waals surface area contributed by atoms with Crippen LogP contribution in [-0.4, -0.2) is 16.6 Å². The van der Waals surface area contributed by atoms with Crippen molar-refractivity contribution in [2.45, 2.75) is 57.4 Å². The molecule has 0 aliphatic carbocycles. The second-order valence-electron chi connectivity index (χ2n) is 5.63. The van der Waals surface area contributed by atoms with Gasteiger partial charge in [0.1, 0.15) is 0 Å². The van der Waals surface area contributed by atoms with Crippen LogP contribution in [0.25, 0.3) is 0 Å². The van der Waals surface area contributed by atoms with Gasteiger partial charge in [0, 0.05) is 5.41 Å². The van der Waals surface area contributed by atoms with E-state index in [1.165, 1.54) is 0 Å². The molecule has 1 N–H and O–H groups in total. The molecule has 0 amide bonds. The summed E-state index contributed by atoms with van der Waals surface area (Å²) in [6.07, 6.45) is 4.10. The molecule has 0 heterocycles. The number of hydrogen-bond donors (Lipinski definition) is 1.